The highest BCUT2D eigenvalue weighted by Crippen LogP contribution is 2.23. The van der Waals surface area contributed by atoms with Crippen molar-refractivity contribution in [2.45, 2.75) is 32.8 Å². The van der Waals surface area contributed by atoms with Crippen molar-refractivity contribution in [2.75, 3.05) is 26.3 Å². The third-order valence-electron chi connectivity index (χ3n) is 4.31. The summed E-state index contributed by atoms with van der Waals surface area (Å²) < 4.78 is 11.1. The molecular formula is C17H24N2O3. The van der Waals surface area contributed by atoms with E-state index in [9.17, 15) is 4.79 Å². The van der Waals surface area contributed by atoms with Crippen LogP contribution in [0.2, 0.25) is 0 Å². The maximum atomic E-state index is 12.7. The van der Waals surface area contributed by atoms with Crippen molar-refractivity contribution < 1.29 is 14.3 Å². The largest absolute Gasteiger partial charge is 0.472 e. The van der Waals surface area contributed by atoms with Crippen molar-refractivity contribution in [2.24, 2.45) is 11.8 Å². The molecule has 2 saturated heterocycles. The Balaban J connectivity index is 1.69. The fraction of sp³-hybridized carbons (Fsp3) is 0.647. The third-order valence-corrected chi connectivity index (χ3v) is 4.31. The van der Waals surface area contributed by atoms with Crippen molar-refractivity contribution in [3.63, 3.8) is 0 Å². The van der Waals surface area contributed by atoms with Crippen LogP contribution in [0.3, 0.4) is 0 Å². The minimum absolute atomic E-state index is 0.0490. The van der Waals surface area contributed by atoms with Crippen LogP contribution in [0.15, 0.2) is 18.3 Å². The Kier molecular flexibility index (Phi) is 4.62. The lowest BCUT2D eigenvalue weighted by atomic mass is 9.91. The molecule has 0 bridgehead atoms. The van der Waals surface area contributed by atoms with Crippen molar-refractivity contribution in [1.29, 1.82) is 0 Å². The number of nitrogens with zero attached hydrogens (tertiary/aromatic N) is 2. The number of carbonyl (C=O) groups excluding carboxylic acids is 1. The highest BCUT2D eigenvalue weighted by molar-refractivity contribution is 5.94. The Bertz CT molecular complexity index is 518. The Labute approximate surface area is 131 Å². The number of hydrogen-bond donors (Lipinski definition) is 0. The van der Waals surface area contributed by atoms with Gasteiger partial charge in [-0.25, -0.2) is 4.98 Å². The molecule has 0 saturated carbocycles. The Hall–Kier alpha value is -1.62. The summed E-state index contributed by atoms with van der Waals surface area (Å²) in [4.78, 5) is 18.9. The molecule has 1 aromatic heterocycles. The van der Waals surface area contributed by atoms with Gasteiger partial charge >= 0.3 is 0 Å². The SMILES string of the molecule is CC1CC(C)CN(C(=O)c2ccnc(OC3CCOC3)c2)C1. The van der Waals surface area contributed by atoms with Crippen LogP contribution in [0, 0.1) is 11.8 Å². The van der Waals surface area contributed by atoms with E-state index >= 15 is 0 Å². The van der Waals surface area contributed by atoms with E-state index in [1.807, 2.05) is 4.90 Å². The predicted molar refractivity (Wildman–Crippen MR) is 82.9 cm³/mol. The second kappa shape index (κ2) is 6.65. The van der Waals surface area contributed by atoms with Crippen LogP contribution in [0.5, 0.6) is 5.88 Å². The van der Waals surface area contributed by atoms with E-state index in [-0.39, 0.29) is 12.0 Å². The summed E-state index contributed by atoms with van der Waals surface area (Å²) in [5, 5.41) is 0. The first-order chi connectivity index (χ1) is 10.6. The molecule has 5 heteroatoms. The summed E-state index contributed by atoms with van der Waals surface area (Å²) in [6.45, 7) is 7.40. The topological polar surface area (TPSA) is 51.7 Å². The molecule has 3 atom stereocenters. The Morgan fingerprint density at radius 1 is 1.36 bits per heavy atom. The van der Waals surface area contributed by atoms with Crippen LogP contribution in [0.25, 0.3) is 0 Å². The molecule has 0 spiro atoms. The maximum Gasteiger partial charge on any atom is 0.254 e. The number of carbonyl (C=O) groups is 1. The normalized spacial score (nSPS) is 28.6. The number of aromatic nitrogens is 1. The maximum absolute atomic E-state index is 12.7. The molecule has 3 unspecified atom stereocenters. The lowest BCUT2D eigenvalue weighted by molar-refractivity contribution is 0.0622. The van der Waals surface area contributed by atoms with E-state index < -0.39 is 0 Å². The number of ether oxygens (including phenoxy) is 2. The van der Waals surface area contributed by atoms with Gasteiger partial charge in [-0.1, -0.05) is 13.8 Å². The molecule has 0 N–H and O–H groups in total. The first-order valence-electron chi connectivity index (χ1n) is 8.11. The molecule has 5 nitrogen and oxygen atoms in total. The van der Waals surface area contributed by atoms with Gasteiger partial charge in [0.1, 0.15) is 6.10 Å². The number of amides is 1. The van der Waals surface area contributed by atoms with Gasteiger partial charge in [-0.2, -0.15) is 0 Å². The summed E-state index contributed by atoms with van der Waals surface area (Å²) >= 11 is 0. The van der Waals surface area contributed by atoms with Crippen molar-refractivity contribution in [3.8, 4) is 5.88 Å². The second-order valence-electron chi connectivity index (χ2n) is 6.64. The van der Waals surface area contributed by atoms with Gasteiger partial charge in [-0.05, 0) is 24.3 Å². The molecule has 0 aliphatic carbocycles. The lowest BCUT2D eigenvalue weighted by Gasteiger charge is -2.35. The van der Waals surface area contributed by atoms with Crippen molar-refractivity contribution >= 4 is 5.91 Å². The summed E-state index contributed by atoms with van der Waals surface area (Å²) in [6, 6.07) is 3.52. The quantitative estimate of drug-likeness (QED) is 0.860. The van der Waals surface area contributed by atoms with Gasteiger partial charge in [0.25, 0.3) is 5.91 Å². The van der Waals surface area contributed by atoms with Gasteiger partial charge in [0, 0.05) is 37.3 Å². The molecule has 1 amide bonds. The molecule has 2 aliphatic heterocycles. The van der Waals surface area contributed by atoms with Crippen LogP contribution < -0.4 is 4.74 Å². The molecule has 3 rings (SSSR count). The van der Waals surface area contributed by atoms with E-state index in [0.29, 0.717) is 29.9 Å². The molecule has 0 aromatic carbocycles. The zero-order valence-corrected chi connectivity index (χ0v) is 13.3. The molecule has 22 heavy (non-hydrogen) atoms. The van der Waals surface area contributed by atoms with E-state index in [1.165, 1.54) is 6.42 Å². The standard InChI is InChI=1S/C17H24N2O3/c1-12-7-13(2)10-19(9-12)17(20)14-3-5-18-16(8-14)22-15-4-6-21-11-15/h3,5,8,12-13,15H,4,6-7,9-11H2,1-2H3. The zero-order chi connectivity index (χ0) is 15.5. The number of piperidine rings is 1. The number of likely N-dealkylation sites (tertiary alicyclic amines) is 1. The van der Waals surface area contributed by atoms with E-state index in [2.05, 4.69) is 18.8 Å². The molecule has 0 radical (unpaired) electrons. The highest BCUT2D eigenvalue weighted by atomic mass is 16.5. The van der Waals surface area contributed by atoms with Crippen molar-refractivity contribution in [1.82, 2.24) is 9.88 Å². The predicted octanol–water partition coefficient (Wildman–Crippen LogP) is 2.37. The van der Waals surface area contributed by atoms with Crippen LogP contribution in [0.4, 0.5) is 0 Å². The number of hydrogen-bond acceptors (Lipinski definition) is 4. The Morgan fingerprint density at radius 3 is 2.82 bits per heavy atom. The number of pyridine rings is 1. The monoisotopic (exact) mass is 304 g/mol. The van der Waals surface area contributed by atoms with Gasteiger partial charge in [0.2, 0.25) is 5.88 Å². The summed E-state index contributed by atoms with van der Waals surface area (Å²) in [7, 11) is 0. The van der Waals surface area contributed by atoms with Gasteiger partial charge in [-0.3, -0.25) is 4.79 Å². The average molecular weight is 304 g/mol. The average Bonchev–Trinajstić information content (AvgIpc) is 2.98. The molecule has 1 aromatic rings. The molecule has 3 heterocycles. The second-order valence-corrected chi connectivity index (χ2v) is 6.64. The minimum Gasteiger partial charge on any atom is -0.472 e. The lowest BCUT2D eigenvalue weighted by Crippen LogP contribution is -2.42. The first kappa shape index (κ1) is 15.3. The van der Waals surface area contributed by atoms with Gasteiger partial charge in [0.15, 0.2) is 0 Å². The van der Waals surface area contributed by atoms with Gasteiger partial charge < -0.3 is 14.4 Å². The van der Waals surface area contributed by atoms with E-state index in [1.54, 1.807) is 18.3 Å². The van der Waals surface area contributed by atoms with E-state index in [4.69, 9.17) is 9.47 Å². The van der Waals surface area contributed by atoms with Crippen molar-refractivity contribution in [3.05, 3.63) is 23.9 Å². The zero-order valence-electron chi connectivity index (χ0n) is 13.3. The Morgan fingerprint density at radius 2 is 2.14 bits per heavy atom. The van der Waals surface area contributed by atoms with Crippen LogP contribution >= 0.6 is 0 Å². The first-order valence-corrected chi connectivity index (χ1v) is 8.11. The van der Waals surface area contributed by atoms with Crippen LogP contribution in [-0.2, 0) is 4.74 Å². The smallest absolute Gasteiger partial charge is 0.254 e. The third kappa shape index (κ3) is 3.58. The minimum atomic E-state index is 0.0490. The van der Waals surface area contributed by atoms with Crippen LogP contribution in [-0.4, -0.2) is 48.2 Å². The summed E-state index contributed by atoms with van der Waals surface area (Å²) in [6.07, 6.45) is 3.76. The van der Waals surface area contributed by atoms with Gasteiger partial charge in [-0.15, -0.1) is 0 Å². The highest BCUT2D eigenvalue weighted by Gasteiger charge is 2.26. The summed E-state index contributed by atoms with van der Waals surface area (Å²) in [5.74, 6) is 1.70. The van der Waals surface area contributed by atoms with Crippen LogP contribution in [0.1, 0.15) is 37.0 Å². The summed E-state index contributed by atoms with van der Waals surface area (Å²) in [5.41, 5.74) is 0.658. The number of rotatable bonds is 3. The fourth-order valence-corrected chi connectivity index (χ4v) is 3.39. The molecule has 2 aliphatic rings. The van der Waals surface area contributed by atoms with Gasteiger partial charge in [0.05, 0.1) is 13.2 Å². The molecular weight excluding hydrogens is 280 g/mol. The fourth-order valence-electron chi connectivity index (χ4n) is 3.39. The molecule has 120 valence electrons. The molecule has 2 fully saturated rings. The van der Waals surface area contributed by atoms with E-state index in [0.717, 1.165) is 26.1 Å².